The molecule has 0 spiro atoms. The molecule has 0 aromatic rings. The maximum absolute atomic E-state index is 15.3. The summed E-state index contributed by atoms with van der Waals surface area (Å²) in [5, 5.41) is 0. The van der Waals surface area contributed by atoms with Gasteiger partial charge in [0, 0.05) is 17.3 Å². The molecule has 3 nitrogen and oxygen atoms in total. The van der Waals surface area contributed by atoms with Crippen LogP contribution in [0, 0.1) is 34.5 Å². The zero-order valence-corrected chi connectivity index (χ0v) is 19.0. The molecule has 0 N–H and O–H groups in total. The molecule has 0 aromatic heterocycles. The molecule has 4 heteroatoms. The quantitative estimate of drug-likeness (QED) is 0.409. The van der Waals surface area contributed by atoms with E-state index < -0.39 is 6.17 Å². The Kier molecular flexibility index (Phi) is 5.74. The summed E-state index contributed by atoms with van der Waals surface area (Å²) in [4.78, 5) is 24.4. The SMILES string of the molecule is CCCCCC(=O)O[C@@H]1[C@@H](C)C[C@H]2[C@@H]3C[C@H](F)C4=CC(=O)C=C[C@]4(C)[C@H]3CC[C@]12C. The van der Waals surface area contributed by atoms with E-state index in [1.54, 1.807) is 12.2 Å². The molecule has 4 rings (SSSR count). The predicted molar refractivity (Wildman–Crippen MR) is 115 cm³/mol. The van der Waals surface area contributed by atoms with E-state index >= 15 is 4.39 Å². The summed E-state index contributed by atoms with van der Waals surface area (Å²) in [6.07, 6.45) is 11.1. The summed E-state index contributed by atoms with van der Waals surface area (Å²) < 4.78 is 21.4. The topological polar surface area (TPSA) is 43.4 Å². The first kappa shape index (κ1) is 21.8. The van der Waals surface area contributed by atoms with Gasteiger partial charge in [-0.25, -0.2) is 4.39 Å². The van der Waals surface area contributed by atoms with Crippen LogP contribution in [0.2, 0.25) is 0 Å². The van der Waals surface area contributed by atoms with E-state index in [9.17, 15) is 9.59 Å². The van der Waals surface area contributed by atoms with Crippen molar-refractivity contribution in [1.82, 2.24) is 0 Å². The van der Waals surface area contributed by atoms with Gasteiger partial charge in [0.15, 0.2) is 5.78 Å². The van der Waals surface area contributed by atoms with Crippen LogP contribution in [0.1, 0.15) is 79.1 Å². The highest BCUT2D eigenvalue weighted by atomic mass is 19.1. The monoisotopic (exact) mass is 416 g/mol. The third-order valence-electron chi connectivity index (χ3n) is 9.01. The van der Waals surface area contributed by atoms with Crippen LogP contribution in [0.25, 0.3) is 0 Å². The van der Waals surface area contributed by atoms with Gasteiger partial charge in [-0.2, -0.15) is 0 Å². The smallest absolute Gasteiger partial charge is 0.306 e. The van der Waals surface area contributed by atoms with Gasteiger partial charge in [-0.3, -0.25) is 9.59 Å². The maximum atomic E-state index is 15.3. The second-order valence-corrected chi connectivity index (χ2v) is 10.8. The van der Waals surface area contributed by atoms with Gasteiger partial charge in [0.25, 0.3) is 0 Å². The van der Waals surface area contributed by atoms with Crippen molar-refractivity contribution in [2.75, 3.05) is 0 Å². The van der Waals surface area contributed by atoms with Gasteiger partial charge in [-0.15, -0.1) is 0 Å². The number of alkyl halides is 1. The fraction of sp³-hybridized carbons (Fsp3) is 0.769. The lowest BCUT2D eigenvalue weighted by Gasteiger charge is -2.57. The molecule has 0 amide bonds. The third-order valence-corrected chi connectivity index (χ3v) is 9.01. The lowest BCUT2D eigenvalue weighted by Crippen LogP contribution is -2.53. The number of hydrogen-bond donors (Lipinski definition) is 0. The van der Waals surface area contributed by atoms with Crippen LogP contribution >= 0.6 is 0 Å². The molecule has 4 aliphatic rings. The summed E-state index contributed by atoms with van der Waals surface area (Å²) in [6.45, 7) is 8.74. The average molecular weight is 417 g/mol. The Morgan fingerprint density at radius 2 is 2.00 bits per heavy atom. The molecule has 3 saturated carbocycles. The number of ether oxygens (including phenoxy) is 1. The molecule has 0 heterocycles. The van der Waals surface area contributed by atoms with E-state index in [1.165, 1.54) is 0 Å². The Balaban J connectivity index is 1.55. The van der Waals surface area contributed by atoms with Crippen LogP contribution in [0.5, 0.6) is 0 Å². The second kappa shape index (κ2) is 7.91. The van der Waals surface area contributed by atoms with Crippen LogP contribution in [0.15, 0.2) is 23.8 Å². The molecular formula is C26H37FO3. The molecule has 3 fully saturated rings. The number of ketones is 1. The van der Waals surface area contributed by atoms with Crippen LogP contribution in [0.3, 0.4) is 0 Å². The minimum Gasteiger partial charge on any atom is -0.461 e. The molecular weight excluding hydrogens is 379 g/mol. The van der Waals surface area contributed by atoms with E-state index in [-0.39, 0.29) is 34.6 Å². The Bertz CT molecular complexity index is 770. The van der Waals surface area contributed by atoms with E-state index in [0.29, 0.717) is 36.2 Å². The van der Waals surface area contributed by atoms with Crippen molar-refractivity contribution >= 4 is 11.8 Å². The van der Waals surface area contributed by atoms with E-state index in [2.05, 4.69) is 27.7 Å². The molecule has 0 unspecified atom stereocenters. The van der Waals surface area contributed by atoms with Crippen LogP contribution in [-0.2, 0) is 14.3 Å². The van der Waals surface area contributed by atoms with Gasteiger partial charge < -0.3 is 4.74 Å². The molecule has 8 atom stereocenters. The van der Waals surface area contributed by atoms with Crippen molar-refractivity contribution in [2.45, 2.75) is 91.3 Å². The van der Waals surface area contributed by atoms with E-state index in [0.717, 1.165) is 38.5 Å². The number of unbranched alkanes of at least 4 members (excludes halogenated alkanes) is 2. The lowest BCUT2D eigenvalue weighted by molar-refractivity contribution is -0.162. The average Bonchev–Trinajstić information content (AvgIpc) is 2.94. The third kappa shape index (κ3) is 3.39. The standard InChI is InChI=1S/C26H37FO3/c1-5-6-7-8-23(29)30-24-16(2)13-20-18-15-22(27)21-14-17(28)9-11-25(21,3)19(18)10-12-26(20,24)4/h9,11,14,16,18-20,22,24H,5-8,10,12-13,15H2,1-4H3/t16-,18+,19-,20-,22-,24+,25+,26-/m0/s1. The van der Waals surface area contributed by atoms with Gasteiger partial charge in [0.1, 0.15) is 12.3 Å². The Morgan fingerprint density at radius 3 is 2.73 bits per heavy atom. The Morgan fingerprint density at radius 1 is 1.23 bits per heavy atom. The Hall–Kier alpha value is -1.45. The molecule has 166 valence electrons. The fourth-order valence-corrected chi connectivity index (χ4v) is 7.49. The molecule has 0 aromatic carbocycles. The Labute approximate surface area is 180 Å². The van der Waals surface area contributed by atoms with Crippen molar-refractivity contribution in [3.8, 4) is 0 Å². The largest absolute Gasteiger partial charge is 0.461 e. The molecule has 0 aliphatic heterocycles. The molecule has 0 bridgehead atoms. The normalized spacial score (nSPS) is 44.7. The van der Waals surface area contributed by atoms with Crippen molar-refractivity contribution in [1.29, 1.82) is 0 Å². The number of fused-ring (bicyclic) bond motifs is 5. The highest BCUT2D eigenvalue weighted by molar-refractivity contribution is 6.01. The zero-order chi connectivity index (χ0) is 21.7. The summed E-state index contributed by atoms with van der Waals surface area (Å²) in [5.41, 5.74) is 0.243. The number of carbonyl (C=O) groups is 2. The number of allylic oxidation sites excluding steroid dienone is 4. The minimum absolute atomic E-state index is 0.0659. The first-order valence-electron chi connectivity index (χ1n) is 12.0. The van der Waals surface area contributed by atoms with Crippen LogP contribution in [-0.4, -0.2) is 24.0 Å². The molecule has 30 heavy (non-hydrogen) atoms. The number of hydrogen-bond acceptors (Lipinski definition) is 3. The number of halogens is 1. The van der Waals surface area contributed by atoms with Crippen LogP contribution < -0.4 is 0 Å². The highest BCUT2D eigenvalue weighted by Gasteiger charge is 2.62. The van der Waals surface area contributed by atoms with Gasteiger partial charge in [0.2, 0.25) is 0 Å². The van der Waals surface area contributed by atoms with Crippen molar-refractivity contribution < 1.29 is 18.7 Å². The molecule has 0 radical (unpaired) electrons. The second-order valence-electron chi connectivity index (χ2n) is 10.8. The number of carbonyl (C=O) groups excluding carboxylic acids is 2. The molecule has 0 saturated heterocycles. The van der Waals surface area contributed by atoms with Gasteiger partial charge >= 0.3 is 5.97 Å². The van der Waals surface area contributed by atoms with Crippen LogP contribution in [0.4, 0.5) is 4.39 Å². The van der Waals surface area contributed by atoms with Gasteiger partial charge in [0.05, 0.1) is 0 Å². The van der Waals surface area contributed by atoms with Gasteiger partial charge in [-0.05, 0) is 73.5 Å². The van der Waals surface area contributed by atoms with E-state index in [4.69, 9.17) is 4.74 Å². The summed E-state index contributed by atoms with van der Waals surface area (Å²) in [6, 6.07) is 0. The predicted octanol–water partition coefficient (Wildman–Crippen LogP) is 5.98. The summed E-state index contributed by atoms with van der Waals surface area (Å²) >= 11 is 0. The summed E-state index contributed by atoms with van der Waals surface area (Å²) in [5.74, 6) is 1.13. The highest BCUT2D eigenvalue weighted by Crippen LogP contribution is 2.66. The van der Waals surface area contributed by atoms with E-state index in [1.807, 2.05) is 6.08 Å². The lowest BCUT2D eigenvalue weighted by atomic mass is 9.48. The molecule has 4 aliphatic carbocycles. The van der Waals surface area contributed by atoms with Crippen molar-refractivity contribution in [2.24, 2.45) is 34.5 Å². The van der Waals surface area contributed by atoms with Crippen molar-refractivity contribution in [3.05, 3.63) is 23.8 Å². The zero-order valence-electron chi connectivity index (χ0n) is 19.0. The number of esters is 1. The number of rotatable bonds is 5. The minimum atomic E-state index is -1.06. The first-order valence-corrected chi connectivity index (χ1v) is 12.0. The maximum Gasteiger partial charge on any atom is 0.306 e. The fourth-order valence-electron chi connectivity index (χ4n) is 7.49. The summed E-state index contributed by atoms with van der Waals surface area (Å²) in [7, 11) is 0. The van der Waals surface area contributed by atoms with Crippen molar-refractivity contribution in [3.63, 3.8) is 0 Å². The first-order chi connectivity index (χ1) is 14.2. The van der Waals surface area contributed by atoms with Gasteiger partial charge in [-0.1, -0.05) is 46.6 Å².